The van der Waals surface area contributed by atoms with Gasteiger partial charge < -0.3 is 10.4 Å². The van der Waals surface area contributed by atoms with Crippen molar-refractivity contribution in [1.29, 1.82) is 0 Å². The topological polar surface area (TPSA) is 84.2 Å². The number of nitrogens with one attached hydrogen (secondary N) is 1. The predicted molar refractivity (Wildman–Crippen MR) is 73.7 cm³/mol. The molecule has 0 radical (unpaired) electrons. The first-order valence-electron chi connectivity index (χ1n) is 6.09. The summed E-state index contributed by atoms with van der Waals surface area (Å²) in [7, 11) is 0. The Labute approximate surface area is 116 Å². The molecule has 6 heteroatoms. The van der Waals surface area contributed by atoms with Gasteiger partial charge in [0.1, 0.15) is 12.2 Å². The smallest absolute Gasteiger partial charge is 0.325 e. The van der Waals surface area contributed by atoms with Gasteiger partial charge in [0, 0.05) is 11.9 Å². The van der Waals surface area contributed by atoms with Crippen molar-refractivity contribution in [2.45, 2.75) is 20.4 Å². The number of aromatic nitrogens is 2. The van der Waals surface area contributed by atoms with E-state index in [2.05, 4.69) is 10.4 Å². The van der Waals surface area contributed by atoms with Crippen LogP contribution in [0, 0.1) is 13.8 Å². The van der Waals surface area contributed by atoms with Crippen LogP contribution in [-0.2, 0) is 11.3 Å². The number of hydrogen-bond acceptors (Lipinski definition) is 3. The van der Waals surface area contributed by atoms with E-state index in [1.54, 1.807) is 6.07 Å². The van der Waals surface area contributed by atoms with E-state index in [9.17, 15) is 9.59 Å². The molecule has 0 aliphatic heterocycles. The molecule has 1 amide bonds. The van der Waals surface area contributed by atoms with Crippen LogP contribution >= 0.6 is 0 Å². The molecule has 0 unspecified atom stereocenters. The van der Waals surface area contributed by atoms with Crippen LogP contribution in [0.5, 0.6) is 0 Å². The highest BCUT2D eigenvalue weighted by Gasteiger charge is 2.14. The Balaban J connectivity index is 2.17. The number of benzene rings is 1. The van der Waals surface area contributed by atoms with Crippen molar-refractivity contribution in [2.75, 3.05) is 5.32 Å². The van der Waals surface area contributed by atoms with Crippen LogP contribution in [-0.4, -0.2) is 26.8 Å². The first-order valence-corrected chi connectivity index (χ1v) is 6.09. The van der Waals surface area contributed by atoms with Crippen LogP contribution in [0.25, 0.3) is 0 Å². The van der Waals surface area contributed by atoms with Gasteiger partial charge in [0.15, 0.2) is 0 Å². The number of carbonyl (C=O) groups is 2. The molecule has 0 bridgehead atoms. The summed E-state index contributed by atoms with van der Waals surface area (Å²) in [6, 6.07) is 7.07. The van der Waals surface area contributed by atoms with Gasteiger partial charge in [-0.15, -0.1) is 0 Å². The van der Waals surface area contributed by atoms with Gasteiger partial charge in [-0.25, -0.2) is 4.68 Å². The van der Waals surface area contributed by atoms with E-state index in [0.717, 1.165) is 15.8 Å². The summed E-state index contributed by atoms with van der Waals surface area (Å²) < 4.78 is 1.15. The highest BCUT2D eigenvalue weighted by atomic mass is 16.4. The molecule has 1 aromatic carbocycles. The minimum absolute atomic E-state index is 0.214. The molecule has 0 aliphatic carbocycles. The van der Waals surface area contributed by atoms with Gasteiger partial charge in [-0.1, -0.05) is 6.07 Å². The van der Waals surface area contributed by atoms with Gasteiger partial charge in [0.2, 0.25) is 0 Å². The number of carboxylic acids is 1. The Morgan fingerprint density at radius 1 is 1.25 bits per heavy atom. The fourth-order valence-corrected chi connectivity index (χ4v) is 1.79. The van der Waals surface area contributed by atoms with Gasteiger partial charge in [-0.3, -0.25) is 9.59 Å². The fourth-order valence-electron chi connectivity index (χ4n) is 1.79. The third-order valence-electron chi connectivity index (χ3n) is 3.00. The normalized spacial score (nSPS) is 10.3. The lowest BCUT2D eigenvalue weighted by Gasteiger charge is -2.08. The molecule has 2 N–H and O–H groups in total. The molecule has 104 valence electrons. The number of carboxylic acid groups (broad SMARTS) is 1. The Morgan fingerprint density at radius 3 is 2.65 bits per heavy atom. The average Bonchev–Trinajstić information content (AvgIpc) is 2.81. The quantitative estimate of drug-likeness (QED) is 0.890. The molecule has 0 fully saturated rings. The van der Waals surface area contributed by atoms with Crippen molar-refractivity contribution in [2.24, 2.45) is 0 Å². The molecule has 0 saturated heterocycles. The standard InChI is InChI=1S/C14H15N3O3/c1-9-3-4-11(7-10(9)2)16-14(20)12-5-6-15-17(12)8-13(18)19/h3-7H,8H2,1-2H3,(H,16,20)(H,18,19). The monoisotopic (exact) mass is 273 g/mol. The number of rotatable bonds is 4. The lowest BCUT2D eigenvalue weighted by Crippen LogP contribution is -2.20. The number of amides is 1. The van der Waals surface area contributed by atoms with E-state index in [1.807, 2.05) is 26.0 Å². The van der Waals surface area contributed by atoms with Crippen LogP contribution in [0.15, 0.2) is 30.5 Å². The zero-order valence-corrected chi connectivity index (χ0v) is 11.3. The Morgan fingerprint density at radius 2 is 2.00 bits per heavy atom. The van der Waals surface area contributed by atoms with Crippen molar-refractivity contribution in [3.8, 4) is 0 Å². The van der Waals surface area contributed by atoms with Crippen LogP contribution in [0.1, 0.15) is 21.6 Å². The predicted octanol–water partition coefficient (Wildman–Crippen LogP) is 1.84. The van der Waals surface area contributed by atoms with E-state index >= 15 is 0 Å². The molecule has 6 nitrogen and oxygen atoms in total. The first kappa shape index (κ1) is 13.8. The summed E-state index contributed by atoms with van der Waals surface area (Å²) in [5.41, 5.74) is 3.09. The molecule has 0 saturated carbocycles. The highest BCUT2D eigenvalue weighted by Crippen LogP contribution is 2.15. The molecule has 0 aliphatic rings. The Bertz CT molecular complexity index is 661. The SMILES string of the molecule is Cc1ccc(NC(=O)c2ccnn2CC(=O)O)cc1C. The lowest BCUT2D eigenvalue weighted by molar-refractivity contribution is -0.137. The molecule has 0 spiro atoms. The average molecular weight is 273 g/mol. The molecular formula is C14H15N3O3. The van der Waals surface area contributed by atoms with Gasteiger partial charge >= 0.3 is 5.97 Å². The molecule has 1 heterocycles. The minimum Gasteiger partial charge on any atom is -0.480 e. The van der Waals surface area contributed by atoms with Crippen LogP contribution in [0.3, 0.4) is 0 Å². The van der Waals surface area contributed by atoms with Crippen LogP contribution < -0.4 is 5.32 Å². The number of aliphatic carboxylic acids is 1. The van der Waals surface area contributed by atoms with Crippen LogP contribution in [0.2, 0.25) is 0 Å². The van der Waals surface area contributed by atoms with Gasteiger partial charge in [0.25, 0.3) is 5.91 Å². The molecule has 20 heavy (non-hydrogen) atoms. The van der Waals surface area contributed by atoms with E-state index in [-0.39, 0.29) is 18.1 Å². The maximum atomic E-state index is 12.1. The number of carbonyl (C=O) groups excluding carboxylic acids is 1. The molecule has 2 rings (SSSR count). The van der Waals surface area contributed by atoms with Gasteiger partial charge in [-0.05, 0) is 43.2 Å². The second-order valence-electron chi connectivity index (χ2n) is 4.52. The summed E-state index contributed by atoms with van der Waals surface area (Å²) in [6.45, 7) is 3.60. The van der Waals surface area contributed by atoms with E-state index in [4.69, 9.17) is 5.11 Å². The Hall–Kier alpha value is -2.63. The molecule has 2 aromatic rings. The van der Waals surface area contributed by atoms with Crippen molar-refractivity contribution in [3.63, 3.8) is 0 Å². The number of anilines is 1. The van der Waals surface area contributed by atoms with E-state index in [0.29, 0.717) is 5.69 Å². The Kier molecular flexibility index (Phi) is 3.84. The third-order valence-corrected chi connectivity index (χ3v) is 3.00. The third kappa shape index (κ3) is 3.03. The largest absolute Gasteiger partial charge is 0.480 e. The van der Waals surface area contributed by atoms with Crippen molar-refractivity contribution >= 4 is 17.6 Å². The summed E-state index contributed by atoms with van der Waals surface area (Å²) >= 11 is 0. The highest BCUT2D eigenvalue weighted by molar-refractivity contribution is 6.03. The first-order chi connectivity index (χ1) is 9.47. The maximum absolute atomic E-state index is 12.1. The molecular weight excluding hydrogens is 258 g/mol. The minimum atomic E-state index is -1.05. The zero-order valence-electron chi connectivity index (χ0n) is 11.3. The van der Waals surface area contributed by atoms with Crippen molar-refractivity contribution in [1.82, 2.24) is 9.78 Å². The van der Waals surface area contributed by atoms with Gasteiger partial charge in [0.05, 0.1) is 0 Å². The van der Waals surface area contributed by atoms with Crippen LogP contribution in [0.4, 0.5) is 5.69 Å². The summed E-state index contributed by atoms with van der Waals surface area (Å²) in [4.78, 5) is 22.8. The second-order valence-corrected chi connectivity index (χ2v) is 4.52. The number of nitrogens with zero attached hydrogens (tertiary/aromatic N) is 2. The van der Waals surface area contributed by atoms with E-state index in [1.165, 1.54) is 12.3 Å². The molecule has 0 atom stereocenters. The van der Waals surface area contributed by atoms with Gasteiger partial charge in [-0.2, -0.15) is 5.10 Å². The number of aryl methyl sites for hydroxylation is 2. The van der Waals surface area contributed by atoms with Crippen molar-refractivity contribution in [3.05, 3.63) is 47.3 Å². The van der Waals surface area contributed by atoms with E-state index < -0.39 is 5.97 Å². The fraction of sp³-hybridized carbons (Fsp3) is 0.214. The molecule has 1 aromatic heterocycles. The maximum Gasteiger partial charge on any atom is 0.325 e. The summed E-state index contributed by atoms with van der Waals surface area (Å²) in [6.07, 6.45) is 1.40. The lowest BCUT2D eigenvalue weighted by atomic mass is 10.1. The zero-order chi connectivity index (χ0) is 14.7. The van der Waals surface area contributed by atoms with Crippen molar-refractivity contribution < 1.29 is 14.7 Å². The second kappa shape index (κ2) is 5.56. The number of hydrogen-bond donors (Lipinski definition) is 2. The summed E-state index contributed by atoms with van der Waals surface area (Å²) in [5.74, 6) is -1.43. The summed E-state index contributed by atoms with van der Waals surface area (Å²) in [5, 5.41) is 15.3.